The molecule has 1 heterocycles. The highest BCUT2D eigenvalue weighted by Crippen LogP contribution is 2.42. The van der Waals surface area contributed by atoms with Gasteiger partial charge in [-0.15, -0.1) is 0 Å². The number of hydrogen-bond donors (Lipinski definition) is 4. The molecule has 2 aromatic carbocycles. The molecule has 0 saturated carbocycles. The zero-order chi connectivity index (χ0) is 32.9. The summed E-state index contributed by atoms with van der Waals surface area (Å²) >= 11 is 6.07. The van der Waals surface area contributed by atoms with Gasteiger partial charge >= 0.3 is 19.8 Å². The fourth-order valence-corrected chi connectivity index (χ4v) is 5.93. The molecule has 0 bridgehead atoms. The number of ether oxygens (including phenoxy) is 1. The van der Waals surface area contributed by atoms with Gasteiger partial charge in [0.2, 0.25) is 5.91 Å². The van der Waals surface area contributed by atoms with E-state index in [1.54, 1.807) is 13.8 Å². The smallest absolute Gasteiger partial charge is 0.458 e. The van der Waals surface area contributed by atoms with Gasteiger partial charge in [0.15, 0.2) is 0 Å². The van der Waals surface area contributed by atoms with Crippen LogP contribution in [0.15, 0.2) is 48.5 Å². The van der Waals surface area contributed by atoms with Crippen molar-refractivity contribution in [1.82, 2.24) is 15.5 Å². The molecule has 1 aliphatic rings. The number of amides is 3. The fourth-order valence-electron chi connectivity index (χ4n) is 5.41. The maximum absolute atomic E-state index is 13.6. The van der Waals surface area contributed by atoms with Crippen molar-refractivity contribution in [3.8, 4) is 5.75 Å². The van der Waals surface area contributed by atoms with E-state index in [4.69, 9.17) is 26.1 Å². The van der Waals surface area contributed by atoms with E-state index in [2.05, 4.69) is 29.0 Å². The Morgan fingerprint density at radius 1 is 1.09 bits per heavy atom. The minimum absolute atomic E-state index is 0.00183. The van der Waals surface area contributed by atoms with Crippen LogP contribution in [0.25, 0.3) is 0 Å². The Hall–Kier alpha value is -3.11. The summed E-state index contributed by atoms with van der Waals surface area (Å²) in [5.74, 6) is -0.616. The van der Waals surface area contributed by atoms with Gasteiger partial charge in [-0.1, -0.05) is 63.6 Å². The first-order valence-electron chi connectivity index (χ1n) is 14.5. The van der Waals surface area contributed by atoms with Crippen LogP contribution in [0, 0.1) is 11.3 Å². The van der Waals surface area contributed by atoms with E-state index < -0.39 is 31.5 Å². The van der Waals surface area contributed by atoms with Gasteiger partial charge in [0.1, 0.15) is 17.4 Å². The van der Waals surface area contributed by atoms with Crippen LogP contribution in [0.2, 0.25) is 5.02 Å². The number of piperidine rings is 1. The molecular weight excluding hydrogens is 609 g/mol. The number of nitrogens with one attached hydrogen (secondary N) is 2. The lowest BCUT2D eigenvalue weighted by Gasteiger charge is -2.45. The zero-order valence-corrected chi connectivity index (χ0v) is 27.7. The highest BCUT2D eigenvalue weighted by atomic mass is 35.5. The molecule has 242 valence electrons. The van der Waals surface area contributed by atoms with E-state index in [-0.39, 0.29) is 41.9 Å². The van der Waals surface area contributed by atoms with Crippen molar-refractivity contribution in [2.24, 2.45) is 11.3 Å². The summed E-state index contributed by atoms with van der Waals surface area (Å²) in [4.78, 5) is 58.6. The Morgan fingerprint density at radius 3 is 2.25 bits per heavy atom. The maximum Gasteiger partial charge on any atom is 0.524 e. The summed E-state index contributed by atoms with van der Waals surface area (Å²) in [5, 5.41) is 6.21. The van der Waals surface area contributed by atoms with Crippen molar-refractivity contribution < 1.29 is 38.0 Å². The van der Waals surface area contributed by atoms with E-state index in [1.165, 1.54) is 29.8 Å². The third-order valence-electron chi connectivity index (χ3n) is 7.59. The number of carbonyl (C=O) groups excluding carboxylic acids is 3. The summed E-state index contributed by atoms with van der Waals surface area (Å²) in [6.45, 7) is 12.5. The fraction of sp³-hybridized carbons (Fsp3) is 0.516. The van der Waals surface area contributed by atoms with Gasteiger partial charge in [0.25, 0.3) is 0 Å². The molecule has 3 rings (SSSR count). The van der Waals surface area contributed by atoms with Gasteiger partial charge in [-0.25, -0.2) is 9.36 Å². The largest absolute Gasteiger partial charge is 0.524 e. The number of likely N-dealkylation sites (tertiary alicyclic amines) is 1. The summed E-state index contributed by atoms with van der Waals surface area (Å²) in [7, 11) is -4.68. The monoisotopic (exact) mass is 651 g/mol. The molecule has 4 N–H and O–H groups in total. The van der Waals surface area contributed by atoms with Crippen LogP contribution in [-0.4, -0.2) is 63.9 Å². The predicted molar refractivity (Wildman–Crippen MR) is 167 cm³/mol. The second-order valence-corrected chi connectivity index (χ2v) is 14.4. The van der Waals surface area contributed by atoms with Crippen molar-refractivity contribution >= 4 is 37.3 Å². The van der Waals surface area contributed by atoms with E-state index in [0.717, 1.165) is 6.42 Å². The first-order valence-corrected chi connectivity index (χ1v) is 16.4. The maximum atomic E-state index is 13.6. The minimum atomic E-state index is -4.68. The van der Waals surface area contributed by atoms with Crippen LogP contribution in [0.3, 0.4) is 0 Å². The molecule has 0 radical (unpaired) electrons. The number of esters is 1. The standard InChI is InChI=1S/C31H43ClN3O8P/c1-20(2)27(28(37)35-16-15-25(30(3,4)19-35)22-9-11-23(32)12-10-22)34-29(38)33-18-31(5,6)42-26(36)17-21-7-13-24(14-8-21)43-44(39,40)41/h7-14,20,25,27H,15-19H2,1-6H3,(H2,33,34,38)(H2,39,40,41)/t25?,27-/m1/s1. The van der Waals surface area contributed by atoms with Crippen molar-refractivity contribution in [3.05, 3.63) is 64.7 Å². The molecule has 13 heteroatoms. The predicted octanol–water partition coefficient (Wildman–Crippen LogP) is 5.04. The molecule has 1 saturated heterocycles. The van der Waals surface area contributed by atoms with Crippen LogP contribution >= 0.6 is 19.4 Å². The molecule has 1 fully saturated rings. The number of rotatable bonds is 11. The van der Waals surface area contributed by atoms with Crippen LogP contribution in [0.4, 0.5) is 4.79 Å². The van der Waals surface area contributed by atoms with Crippen LogP contribution < -0.4 is 15.2 Å². The highest BCUT2D eigenvalue weighted by molar-refractivity contribution is 7.46. The quantitative estimate of drug-likeness (QED) is 0.195. The molecule has 0 spiro atoms. The molecule has 0 aliphatic carbocycles. The van der Waals surface area contributed by atoms with Crippen LogP contribution in [-0.2, 0) is 25.3 Å². The first-order chi connectivity index (χ1) is 20.3. The van der Waals surface area contributed by atoms with Gasteiger partial charge in [0.05, 0.1) is 13.0 Å². The lowest BCUT2D eigenvalue weighted by atomic mass is 9.70. The summed E-state index contributed by atoms with van der Waals surface area (Å²) < 4.78 is 21.0. The first kappa shape index (κ1) is 35.4. The molecule has 0 aromatic heterocycles. The molecule has 1 unspecified atom stereocenters. The normalized spacial score (nSPS) is 17.5. The SMILES string of the molecule is CC(C)[C@@H](NC(=O)NCC(C)(C)OC(=O)Cc1ccc(OP(=O)(O)O)cc1)C(=O)N1CCC(c2ccc(Cl)cc2)C(C)(C)C1. The average Bonchev–Trinajstić information content (AvgIpc) is 2.90. The molecule has 11 nitrogen and oxygen atoms in total. The third kappa shape index (κ3) is 10.5. The second-order valence-electron chi connectivity index (χ2n) is 12.8. The number of benzene rings is 2. The Bertz CT molecular complexity index is 1360. The number of nitrogens with zero attached hydrogens (tertiary/aromatic N) is 1. The topological polar surface area (TPSA) is 155 Å². The molecule has 2 aromatic rings. The van der Waals surface area contributed by atoms with E-state index in [1.807, 2.05) is 43.0 Å². The Balaban J connectivity index is 1.52. The highest BCUT2D eigenvalue weighted by Gasteiger charge is 2.40. The van der Waals surface area contributed by atoms with Crippen molar-refractivity contribution in [2.45, 2.75) is 71.9 Å². The van der Waals surface area contributed by atoms with Gasteiger partial charge in [-0.05, 0) is 72.9 Å². The zero-order valence-electron chi connectivity index (χ0n) is 26.0. The average molecular weight is 652 g/mol. The lowest BCUT2D eigenvalue weighted by molar-refractivity contribution is -0.155. The van der Waals surface area contributed by atoms with E-state index in [9.17, 15) is 18.9 Å². The van der Waals surface area contributed by atoms with Crippen molar-refractivity contribution in [3.63, 3.8) is 0 Å². The van der Waals surface area contributed by atoms with Gasteiger partial charge in [-0.2, -0.15) is 0 Å². The summed E-state index contributed by atoms with van der Waals surface area (Å²) in [5.41, 5.74) is 0.507. The lowest BCUT2D eigenvalue weighted by Crippen LogP contribution is -2.58. The summed E-state index contributed by atoms with van der Waals surface area (Å²) in [6, 6.07) is 12.2. The number of halogens is 1. The number of hydrogen-bond acceptors (Lipinski definition) is 6. The number of carbonyl (C=O) groups is 3. The molecule has 1 aliphatic heterocycles. The van der Waals surface area contributed by atoms with Gasteiger partial charge < -0.3 is 24.8 Å². The number of urea groups is 1. The van der Waals surface area contributed by atoms with Crippen LogP contribution in [0.1, 0.15) is 65.0 Å². The van der Waals surface area contributed by atoms with Gasteiger partial charge in [0, 0.05) is 18.1 Å². The molecule has 2 atom stereocenters. The molecule has 3 amide bonds. The van der Waals surface area contributed by atoms with E-state index in [0.29, 0.717) is 23.7 Å². The van der Waals surface area contributed by atoms with Crippen LogP contribution in [0.5, 0.6) is 5.75 Å². The number of phosphoric ester groups is 1. The molecule has 44 heavy (non-hydrogen) atoms. The summed E-state index contributed by atoms with van der Waals surface area (Å²) in [6.07, 6.45) is 0.697. The van der Waals surface area contributed by atoms with Gasteiger partial charge in [-0.3, -0.25) is 19.4 Å². The molecular formula is C31H43ClN3O8P. The Kier molecular flexibility index (Phi) is 11.5. The number of phosphoric acid groups is 1. The van der Waals surface area contributed by atoms with Crippen molar-refractivity contribution in [2.75, 3.05) is 19.6 Å². The Morgan fingerprint density at radius 2 is 1.70 bits per heavy atom. The third-order valence-corrected chi connectivity index (χ3v) is 8.29. The van der Waals surface area contributed by atoms with Crippen molar-refractivity contribution in [1.29, 1.82) is 0 Å². The van der Waals surface area contributed by atoms with E-state index >= 15 is 0 Å². The minimum Gasteiger partial charge on any atom is -0.458 e. The Labute approximate surface area is 263 Å². The second kappa shape index (κ2) is 14.3.